The molecule has 0 unspecified atom stereocenters. The average Bonchev–Trinajstić information content (AvgIpc) is 2.14. The maximum absolute atomic E-state index is 11.3. The Hall–Kier alpha value is -1.16. The summed E-state index contributed by atoms with van der Waals surface area (Å²) >= 11 is 3.36. The van der Waals surface area contributed by atoms with Gasteiger partial charge in [-0.15, -0.1) is 0 Å². The van der Waals surface area contributed by atoms with Crippen molar-refractivity contribution in [3.63, 3.8) is 0 Å². The smallest absolute Gasteiger partial charge is 0.434 e. The second-order valence-corrected chi connectivity index (χ2v) is 5.11. The van der Waals surface area contributed by atoms with Gasteiger partial charge in [0.05, 0.1) is 0 Å². The van der Waals surface area contributed by atoms with Gasteiger partial charge >= 0.3 is 6.09 Å². The number of benzene rings is 1. The van der Waals surface area contributed by atoms with Crippen LogP contribution in [0.25, 0.3) is 0 Å². The maximum Gasteiger partial charge on any atom is 0.434 e. The van der Waals surface area contributed by atoms with Gasteiger partial charge in [0.25, 0.3) is 0 Å². The van der Waals surface area contributed by atoms with Crippen LogP contribution >= 0.6 is 15.9 Å². The van der Waals surface area contributed by atoms with Crippen LogP contribution in [0.2, 0.25) is 0 Å². The Morgan fingerprint density at radius 1 is 1.38 bits per heavy atom. The molecule has 3 nitrogen and oxygen atoms in total. The molecule has 0 radical (unpaired) electrons. The van der Waals surface area contributed by atoms with Crippen LogP contribution in [0.15, 0.2) is 33.7 Å². The SMILES string of the molecule is CC(C)(C)OC(=O)N=Cc1ccccc1Br. The van der Waals surface area contributed by atoms with Gasteiger partial charge in [0.15, 0.2) is 0 Å². The van der Waals surface area contributed by atoms with Gasteiger partial charge in [0, 0.05) is 16.3 Å². The first-order valence-electron chi connectivity index (χ1n) is 4.90. The summed E-state index contributed by atoms with van der Waals surface area (Å²) in [4.78, 5) is 15.0. The fraction of sp³-hybridized carbons (Fsp3) is 0.333. The summed E-state index contributed by atoms with van der Waals surface area (Å²) in [6, 6.07) is 7.52. The molecule has 0 spiro atoms. The highest BCUT2D eigenvalue weighted by molar-refractivity contribution is 9.10. The molecule has 16 heavy (non-hydrogen) atoms. The van der Waals surface area contributed by atoms with Crippen molar-refractivity contribution in [2.24, 2.45) is 4.99 Å². The summed E-state index contributed by atoms with van der Waals surface area (Å²) in [6.45, 7) is 5.41. The number of hydrogen-bond donors (Lipinski definition) is 0. The minimum atomic E-state index is -0.580. The Bertz CT molecular complexity index is 408. The van der Waals surface area contributed by atoms with Crippen LogP contribution in [0.1, 0.15) is 26.3 Å². The van der Waals surface area contributed by atoms with Crippen molar-refractivity contribution in [3.8, 4) is 0 Å². The highest BCUT2D eigenvalue weighted by Gasteiger charge is 2.14. The van der Waals surface area contributed by atoms with E-state index in [9.17, 15) is 4.79 Å². The van der Waals surface area contributed by atoms with Crippen molar-refractivity contribution in [3.05, 3.63) is 34.3 Å². The van der Waals surface area contributed by atoms with E-state index in [1.54, 1.807) is 20.8 Å². The summed E-state index contributed by atoms with van der Waals surface area (Å²) in [5, 5.41) is 0. The molecule has 4 heteroatoms. The molecule has 1 rings (SSSR count). The van der Waals surface area contributed by atoms with Crippen LogP contribution in [-0.2, 0) is 4.74 Å². The molecule has 1 amide bonds. The number of aliphatic imine (C=N–C) groups is 1. The molecule has 0 bridgehead atoms. The fourth-order valence-electron chi connectivity index (χ4n) is 0.990. The molecule has 0 fully saturated rings. The Morgan fingerprint density at radius 2 is 2.00 bits per heavy atom. The predicted octanol–water partition coefficient (Wildman–Crippen LogP) is 3.80. The van der Waals surface area contributed by atoms with E-state index in [1.165, 1.54) is 6.21 Å². The van der Waals surface area contributed by atoms with E-state index >= 15 is 0 Å². The zero-order chi connectivity index (χ0) is 12.2. The summed E-state index contributed by atoms with van der Waals surface area (Å²) in [7, 11) is 0. The molecule has 0 aromatic heterocycles. The Kier molecular flexibility index (Phi) is 4.24. The van der Waals surface area contributed by atoms with Gasteiger partial charge < -0.3 is 4.74 Å². The Morgan fingerprint density at radius 3 is 2.56 bits per heavy atom. The zero-order valence-corrected chi connectivity index (χ0v) is 11.1. The van der Waals surface area contributed by atoms with Gasteiger partial charge in [-0.2, -0.15) is 4.99 Å². The minimum absolute atomic E-state index is 0.512. The lowest BCUT2D eigenvalue weighted by Gasteiger charge is -2.17. The van der Waals surface area contributed by atoms with Crippen LogP contribution in [0.5, 0.6) is 0 Å². The summed E-state index contributed by atoms with van der Waals surface area (Å²) in [5.74, 6) is 0. The third-order valence-electron chi connectivity index (χ3n) is 1.61. The van der Waals surface area contributed by atoms with Crippen LogP contribution in [0.3, 0.4) is 0 Å². The Labute approximate surface area is 104 Å². The van der Waals surface area contributed by atoms with E-state index in [0.29, 0.717) is 0 Å². The van der Waals surface area contributed by atoms with Crippen molar-refractivity contribution in [2.45, 2.75) is 26.4 Å². The molecular formula is C12H14BrNO2. The molecule has 0 aliphatic rings. The van der Waals surface area contributed by atoms with Crippen LogP contribution < -0.4 is 0 Å². The number of halogens is 1. The van der Waals surface area contributed by atoms with Gasteiger partial charge in [-0.1, -0.05) is 34.1 Å². The lowest BCUT2D eigenvalue weighted by atomic mass is 10.2. The lowest BCUT2D eigenvalue weighted by molar-refractivity contribution is 0.0605. The molecule has 1 aromatic rings. The van der Waals surface area contributed by atoms with Gasteiger partial charge in [-0.05, 0) is 26.8 Å². The number of rotatable bonds is 1. The quantitative estimate of drug-likeness (QED) is 0.736. The molecule has 0 aliphatic heterocycles. The monoisotopic (exact) mass is 283 g/mol. The third kappa shape index (κ3) is 4.57. The standard InChI is InChI=1S/C12H14BrNO2/c1-12(2,3)16-11(15)14-8-9-6-4-5-7-10(9)13/h4-8H,1-3H3. The number of carbonyl (C=O) groups excluding carboxylic acids is 1. The van der Waals surface area contributed by atoms with Gasteiger partial charge in [-0.3, -0.25) is 0 Å². The van der Waals surface area contributed by atoms with E-state index in [1.807, 2.05) is 24.3 Å². The molecule has 0 heterocycles. The van der Waals surface area contributed by atoms with Gasteiger partial charge in [0.2, 0.25) is 0 Å². The number of ether oxygens (including phenoxy) is 1. The van der Waals surface area contributed by atoms with Crippen LogP contribution in [-0.4, -0.2) is 17.9 Å². The summed E-state index contributed by atoms with van der Waals surface area (Å²) < 4.78 is 5.94. The summed E-state index contributed by atoms with van der Waals surface area (Å²) in [6.07, 6.45) is 0.904. The first kappa shape index (κ1) is 12.9. The van der Waals surface area contributed by atoms with E-state index in [-0.39, 0.29) is 0 Å². The van der Waals surface area contributed by atoms with Crippen LogP contribution in [0.4, 0.5) is 4.79 Å². The number of carbonyl (C=O) groups is 1. The first-order valence-corrected chi connectivity index (χ1v) is 5.69. The topological polar surface area (TPSA) is 38.7 Å². The number of nitrogens with zero attached hydrogens (tertiary/aromatic N) is 1. The average molecular weight is 284 g/mol. The minimum Gasteiger partial charge on any atom is -0.442 e. The van der Waals surface area contributed by atoms with E-state index < -0.39 is 11.7 Å². The van der Waals surface area contributed by atoms with E-state index in [0.717, 1.165) is 10.0 Å². The van der Waals surface area contributed by atoms with Crippen LogP contribution in [0, 0.1) is 0 Å². The molecule has 0 aliphatic carbocycles. The van der Waals surface area contributed by atoms with Crippen molar-refractivity contribution in [2.75, 3.05) is 0 Å². The van der Waals surface area contributed by atoms with Gasteiger partial charge in [-0.25, -0.2) is 4.79 Å². The van der Waals surface area contributed by atoms with Crippen molar-refractivity contribution in [1.29, 1.82) is 0 Å². The van der Waals surface area contributed by atoms with Gasteiger partial charge in [0.1, 0.15) is 5.60 Å². The molecule has 0 atom stereocenters. The molecule has 0 saturated carbocycles. The molecule has 1 aromatic carbocycles. The summed E-state index contributed by atoms with van der Waals surface area (Å²) in [5.41, 5.74) is 0.330. The largest absolute Gasteiger partial charge is 0.442 e. The molecular weight excluding hydrogens is 270 g/mol. The fourth-order valence-corrected chi connectivity index (χ4v) is 1.38. The highest BCUT2D eigenvalue weighted by atomic mass is 79.9. The molecule has 86 valence electrons. The number of amides is 1. The maximum atomic E-state index is 11.3. The molecule has 0 N–H and O–H groups in total. The first-order chi connectivity index (χ1) is 7.38. The highest BCUT2D eigenvalue weighted by Crippen LogP contribution is 2.14. The van der Waals surface area contributed by atoms with Crippen molar-refractivity contribution in [1.82, 2.24) is 0 Å². The number of hydrogen-bond acceptors (Lipinski definition) is 2. The second kappa shape index (κ2) is 5.25. The van der Waals surface area contributed by atoms with Crippen molar-refractivity contribution >= 4 is 28.2 Å². The second-order valence-electron chi connectivity index (χ2n) is 4.26. The molecule has 0 saturated heterocycles. The Balaban J connectivity index is 2.68. The lowest BCUT2D eigenvalue weighted by Crippen LogP contribution is -2.21. The zero-order valence-electron chi connectivity index (χ0n) is 9.53. The predicted molar refractivity (Wildman–Crippen MR) is 68.0 cm³/mol. The van der Waals surface area contributed by atoms with E-state index in [4.69, 9.17) is 4.74 Å². The normalized spacial score (nSPS) is 11.8. The van der Waals surface area contributed by atoms with Crippen molar-refractivity contribution < 1.29 is 9.53 Å². The van der Waals surface area contributed by atoms with E-state index in [2.05, 4.69) is 20.9 Å². The third-order valence-corrected chi connectivity index (χ3v) is 2.33.